The molecule has 0 heterocycles. The fourth-order valence-electron chi connectivity index (χ4n) is 1.31. The summed E-state index contributed by atoms with van der Waals surface area (Å²) in [4.78, 5) is 20.6. The predicted molar refractivity (Wildman–Crippen MR) is 86.1 cm³/mol. The molecule has 5 nitrogen and oxygen atoms in total. The Morgan fingerprint density at radius 1 is 1.23 bits per heavy atom. The first kappa shape index (κ1) is 19.9. The Hall–Kier alpha value is -2.14. The molecule has 0 atom stereocenters. The van der Waals surface area contributed by atoms with E-state index in [4.69, 9.17) is 15.6 Å². The van der Waals surface area contributed by atoms with Gasteiger partial charge in [0.25, 0.3) is 0 Å². The van der Waals surface area contributed by atoms with Gasteiger partial charge in [-0.2, -0.15) is 0 Å². The van der Waals surface area contributed by atoms with Gasteiger partial charge >= 0.3 is 11.9 Å². The van der Waals surface area contributed by atoms with Crippen molar-refractivity contribution in [2.24, 2.45) is 11.1 Å². The third-order valence-electron chi connectivity index (χ3n) is 2.40. The van der Waals surface area contributed by atoms with Crippen molar-refractivity contribution in [1.82, 2.24) is 0 Å². The Kier molecular flexibility index (Phi) is 9.54. The van der Waals surface area contributed by atoms with Crippen molar-refractivity contribution in [3.63, 3.8) is 0 Å². The van der Waals surface area contributed by atoms with Crippen LogP contribution in [0.1, 0.15) is 32.8 Å². The number of hydrogen-bond donors (Lipinski definition) is 2. The molecule has 0 aromatic heterocycles. The molecule has 5 heteroatoms. The average molecular weight is 307 g/mol. The summed E-state index contributed by atoms with van der Waals surface area (Å²) in [5, 5.41) is 8.22. The number of ether oxygens (including phenoxy) is 1. The smallest absolute Gasteiger partial charge is 0.327 e. The van der Waals surface area contributed by atoms with Gasteiger partial charge in [-0.15, -0.1) is 0 Å². The van der Waals surface area contributed by atoms with Crippen molar-refractivity contribution in [1.29, 1.82) is 0 Å². The molecule has 0 unspecified atom stereocenters. The van der Waals surface area contributed by atoms with Crippen LogP contribution in [0.4, 0.5) is 0 Å². The van der Waals surface area contributed by atoms with E-state index >= 15 is 0 Å². The van der Waals surface area contributed by atoms with E-state index in [-0.39, 0.29) is 17.9 Å². The van der Waals surface area contributed by atoms with E-state index in [0.29, 0.717) is 6.61 Å². The molecule has 122 valence electrons. The number of allylic oxidation sites excluding steroid dienone is 1. The van der Waals surface area contributed by atoms with Crippen LogP contribution >= 0.6 is 0 Å². The molecule has 0 aliphatic heterocycles. The minimum Gasteiger partial charge on any atom is -0.478 e. The summed E-state index contributed by atoms with van der Waals surface area (Å²) in [6.45, 7) is 6.45. The molecule has 1 aromatic carbocycles. The Morgan fingerprint density at radius 3 is 2.27 bits per heavy atom. The molecule has 0 spiro atoms. The number of benzene rings is 1. The lowest BCUT2D eigenvalue weighted by Gasteiger charge is -2.13. The third kappa shape index (κ3) is 12.9. The lowest BCUT2D eigenvalue weighted by Crippen LogP contribution is -2.16. The van der Waals surface area contributed by atoms with E-state index in [2.05, 4.69) is 20.8 Å². The molecule has 1 aromatic rings. The van der Waals surface area contributed by atoms with Crippen molar-refractivity contribution in [3.05, 3.63) is 48.0 Å². The van der Waals surface area contributed by atoms with Crippen LogP contribution < -0.4 is 5.73 Å². The van der Waals surface area contributed by atoms with Crippen molar-refractivity contribution < 1.29 is 19.4 Å². The second-order valence-corrected chi connectivity index (χ2v) is 5.86. The number of esters is 1. The van der Waals surface area contributed by atoms with E-state index in [9.17, 15) is 9.59 Å². The molecule has 22 heavy (non-hydrogen) atoms. The van der Waals surface area contributed by atoms with Gasteiger partial charge in [0.05, 0.1) is 6.54 Å². The van der Waals surface area contributed by atoms with Crippen molar-refractivity contribution in [2.75, 3.05) is 6.54 Å². The van der Waals surface area contributed by atoms with Crippen molar-refractivity contribution in [2.45, 2.75) is 33.8 Å². The molecule has 0 fully saturated rings. The Morgan fingerprint density at radius 2 is 1.82 bits per heavy atom. The van der Waals surface area contributed by atoms with Crippen LogP contribution in [-0.4, -0.2) is 23.6 Å². The molecule has 0 aliphatic rings. The lowest BCUT2D eigenvalue weighted by atomic mass is 9.92. The fourth-order valence-corrected chi connectivity index (χ4v) is 1.31. The zero-order valence-electron chi connectivity index (χ0n) is 13.4. The summed E-state index contributed by atoms with van der Waals surface area (Å²) in [6.07, 6.45) is 3.67. The van der Waals surface area contributed by atoms with Gasteiger partial charge in [0.2, 0.25) is 0 Å². The van der Waals surface area contributed by atoms with E-state index in [1.807, 2.05) is 30.3 Å². The van der Waals surface area contributed by atoms with Crippen molar-refractivity contribution in [3.8, 4) is 0 Å². The summed E-state index contributed by atoms with van der Waals surface area (Å²) in [7, 11) is 0. The maximum absolute atomic E-state index is 10.6. The molecule has 3 N–H and O–H groups in total. The van der Waals surface area contributed by atoms with Gasteiger partial charge < -0.3 is 15.6 Å². The summed E-state index contributed by atoms with van der Waals surface area (Å²) < 4.78 is 4.81. The first-order valence-corrected chi connectivity index (χ1v) is 7.03. The van der Waals surface area contributed by atoms with E-state index < -0.39 is 5.97 Å². The number of carbonyl (C=O) groups is 2. The maximum atomic E-state index is 10.6. The van der Waals surface area contributed by atoms with Crippen LogP contribution in [0.25, 0.3) is 0 Å². The van der Waals surface area contributed by atoms with Gasteiger partial charge in [0.15, 0.2) is 0 Å². The number of carbonyl (C=O) groups excluding carboxylic acids is 1. The monoisotopic (exact) mass is 307 g/mol. The fraction of sp³-hybridized carbons (Fsp3) is 0.412. The van der Waals surface area contributed by atoms with E-state index in [0.717, 1.165) is 12.0 Å². The molecule has 0 aliphatic carbocycles. The third-order valence-corrected chi connectivity index (χ3v) is 2.40. The zero-order valence-corrected chi connectivity index (χ0v) is 13.4. The highest BCUT2D eigenvalue weighted by Crippen LogP contribution is 2.18. The van der Waals surface area contributed by atoms with Crippen LogP contribution in [0.3, 0.4) is 0 Å². The quantitative estimate of drug-likeness (QED) is 0.645. The van der Waals surface area contributed by atoms with Gasteiger partial charge in [-0.05, 0) is 17.4 Å². The number of aliphatic carboxylic acids is 1. The molecule has 0 saturated carbocycles. The first-order chi connectivity index (χ1) is 10.2. The van der Waals surface area contributed by atoms with Crippen molar-refractivity contribution >= 4 is 11.9 Å². The van der Waals surface area contributed by atoms with Crippen LogP contribution in [0, 0.1) is 5.41 Å². The summed E-state index contributed by atoms with van der Waals surface area (Å²) in [5.41, 5.74) is 6.22. The summed E-state index contributed by atoms with van der Waals surface area (Å²) >= 11 is 0. The first-order valence-electron chi connectivity index (χ1n) is 7.03. The second kappa shape index (κ2) is 10.6. The van der Waals surface area contributed by atoms with Gasteiger partial charge in [0.1, 0.15) is 6.61 Å². The van der Waals surface area contributed by atoms with E-state index in [1.165, 1.54) is 6.08 Å². The Balaban J connectivity index is 0.000000409. The Bertz CT molecular complexity index is 475. The van der Waals surface area contributed by atoms with Gasteiger partial charge in [0, 0.05) is 6.08 Å². The maximum Gasteiger partial charge on any atom is 0.327 e. The molecular weight excluding hydrogens is 282 g/mol. The van der Waals surface area contributed by atoms with Crippen LogP contribution in [0.2, 0.25) is 0 Å². The van der Waals surface area contributed by atoms with Crippen LogP contribution in [-0.2, 0) is 20.9 Å². The van der Waals surface area contributed by atoms with Gasteiger partial charge in [-0.3, -0.25) is 4.79 Å². The topological polar surface area (TPSA) is 89.6 Å². The zero-order chi connectivity index (χ0) is 17.0. The number of rotatable bonds is 5. The number of nitrogens with two attached hydrogens (primary N) is 1. The second-order valence-electron chi connectivity index (χ2n) is 5.86. The predicted octanol–water partition coefficient (Wildman–Crippen LogP) is 2.75. The molecule has 1 rings (SSSR count). The highest BCUT2D eigenvalue weighted by Gasteiger charge is 2.06. The number of carboxylic acid groups (broad SMARTS) is 1. The molecule has 0 radical (unpaired) electrons. The highest BCUT2D eigenvalue weighted by atomic mass is 16.5. The molecule has 0 saturated heterocycles. The molecular formula is C17H25NO4. The van der Waals surface area contributed by atoms with Gasteiger partial charge in [-0.25, -0.2) is 4.79 Å². The molecule has 0 amide bonds. The van der Waals surface area contributed by atoms with Crippen LogP contribution in [0.5, 0.6) is 0 Å². The average Bonchev–Trinajstić information content (AvgIpc) is 2.44. The van der Waals surface area contributed by atoms with E-state index in [1.54, 1.807) is 6.08 Å². The SMILES string of the molecule is CC(C)(C)CC=CC(=O)O.NCC(=O)OCc1ccccc1. The van der Waals surface area contributed by atoms with Gasteiger partial charge in [-0.1, -0.05) is 57.2 Å². The number of carboxylic acids is 1. The molecule has 0 bridgehead atoms. The minimum atomic E-state index is -0.871. The normalized spacial score (nSPS) is 10.7. The Labute approximate surface area is 131 Å². The number of hydrogen-bond acceptors (Lipinski definition) is 4. The summed E-state index contributed by atoms with van der Waals surface area (Å²) in [5.74, 6) is -1.25. The summed E-state index contributed by atoms with van der Waals surface area (Å²) in [6, 6.07) is 9.49. The standard InChI is InChI=1S/C9H11NO2.C8H14O2/c10-6-9(11)12-7-8-4-2-1-3-5-8;1-8(2,3)6-4-5-7(9)10/h1-5H,6-7,10H2;4-5H,6H2,1-3H3,(H,9,10). The lowest BCUT2D eigenvalue weighted by molar-refractivity contribution is -0.143. The highest BCUT2D eigenvalue weighted by molar-refractivity contribution is 5.79. The minimum absolute atomic E-state index is 0.0627. The van der Waals surface area contributed by atoms with Crippen LogP contribution in [0.15, 0.2) is 42.5 Å². The largest absolute Gasteiger partial charge is 0.478 e.